The fourth-order valence-corrected chi connectivity index (χ4v) is 0. The maximum absolute atomic E-state index is 7.72. The zero-order valence-corrected chi connectivity index (χ0v) is 9.60. The molecule has 5 heteroatoms. The Morgan fingerprint density at radius 3 is 0.800 bits per heavy atom. The van der Waals surface area contributed by atoms with E-state index in [2.05, 4.69) is 23.7 Å². The van der Waals surface area contributed by atoms with Gasteiger partial charge in [0.2, 0.25) is 0 Å². The van der Waals surface area contributed by atoms with Gasteiger partial charge in [0.05, 0.1) is 0 Å². The Bertz CT molecular complexity index is 7.61. The van der Waals surface area contributed by atoms with Crippen LogP contribution in [0, 0.1) is 45.0 Å². The van der Waals surface area contributed by atoms with Crippen LogP contribution in [0.3, 0.4) is 0 Å². The fourth-order valence-electron chi connectivity index (χ4n) is 0. The van der Waals surface area contributed by atoms with E-state index in [1.165, 1.54) is 0 Å². The van der Waals surface area contributed by atoms with Crippen molar-refractivity contribution in [2.75, 3.05) is 0 Å². The summed E-state index contributed by atoms with van der Waals surface area (Å²) >= 11 is 6.78. The van der Waals surface area contributed by atoms with E-state index in [4.69, 9.17) is 9.32 Å². The topological polar surface area (TPSA) is 46.1 Å². The Balaban J connectivity index is -0.0000000133. The van der Waals surface area contributed by atoms with E-state index < -0.39 is 0 Å². The molecule has 0 amide bonds. The molecular formula is Cl2O2Ra. The molecule has 0 unspecified atom stereocenters. The molecule has 0 atom stereocenters. The SMILES string of the molecule is [O-]Cl.[O-]Cl.[Ra+2]. The van der Waals surface area contributed by atoms with Gasteiger partial charge in [-0.15, -0.1) is 0 Å². The summed E-state index contributed by atoms with van der Waals surface area (Å²) in [6.07, 6.45) is 0. The van der Waals surface area contributed by atoms with Crippen molar-refractivity contribution in [2.24, 2.45) is 0 Å². The monoisotopic (exact) mass is 328 g/mol. The Morgan fingerprint density at radius 1 is 0.800 bits per heavy atom. The fraction of sp³-hybridized carbons (Fsp3) is 0. The molecule has 0 aliphatic carbocycles. The van der Waals surface area contributed by atoms with Crippen molar-refractivity contribution in [3.05, 3.63) is 0 Å². The van der Waals surface area contributed by atoms with Crippen LogP contribution in [-0.4, -0.2) is 0 Å². The minimum atomic E-state index is 0. The van der Waals surface area contributed by atoms with Crippen LogP contribution in [0.2, 0.25) is 0 Å². The maximum Gasteiger partial charge on any atom is 2.00 e. The molecule has 0 spiro atoms. The molecule has 0 saturated carbocycles. The average Bonchev–Trinajstić information content (AvgIpc) is 1.50. The zero-order valence-electron chi connectivity index (χ0n) is 2.28. The summed E-state index contributed by atoms with van der Waals surface area (Å²) in [7, 11) is 0. The van der Waals surface area contributed by atoms with Gasteiger partial charge in [0.1, 0.15) is 0 Å². The predicted octanol–water partition coefficient (Wildman–Crippen LogP) is -0.999. The summed E-state index contributed by atoms with van der Waals surface area (Å²) in [6.45, 7) is 0. The summed E-state index contributed by atoms with van der Waals surface area (Å²) in [5.41, 5.74) is 0. The van der Waals surface area contributed by atoms with E-state index in [0.717, 1.165) is 0 Å². The summed E-state index contributed by atoms with van der Waals surface area (Å²) in [4.78, 5) is 0. The van der Waals surface area contributed by atoms with Gasteiger partial charge in [-0.3, -0.25) is 0 Å². The van der Waals surface area contributed by atoms with E-state index in [9.17, 15) is 0 Å². The van der Waals surface area contributed by atoms with Crippen LogP contribution in [0.15, 0.2) is 0 Å². The largest absolute Gasteiger partial charge is 2.00 e. The van der Waals surface area contributed by atoms with Crippen molar-refractivity contribution in [1.29, 1.82) is 0 Å². The van der Waals surface area contributed by atoms with E-state index in [0.29, 0.717) is 0 Å². The first-order chi connectivity index (χ1) is 2.00. The van der Waals surface area contributed by atoms with Gasteiger partial charge in [-0.25, -0.2) is 23.7 Å². The molecule has 28 valence electrons. The molecule has 5 heavy (non-hydrogen) atoms. The predicted molar refractivity (Wildman–Crippen MR) is 11.7 cm³/mol. The van der Waals surface area contributed by atoms with Crippen molar-refractivity contribution < 1.29 is 54.3 Å². The van der Waals surface area contributed by atoms with Crippen LogP contribution >= 0.6 is 23.7 Å². The molecule has 0 bridgehead atoms. The van der Waals surface area contributed by atoms with E-state index >= 15 is 0 Å². The molecule has 0 aromatic heterocycles. The third-order valence-corrected chi connectivity index (χ3v) is 0. The molecule has 0 rings (SSSR count). The Labute approximate surface area is 76.9 Å². The van der Waals surface area contributed by atoms with Crippen LogP contribution < -0.4 is 9.32 Å². The Kier molecular flexibility index (Phi) is 120. The molecular weight excluding hydrogens is 329 g/mol. The molecule has 0 aliphatic rings. The quantitative estimate of drug-likeness (QED) is 0.573. The zero-order chi connectivity index (χ0) is 4.00. The van der Waals surface area contributed by atoms with Gasteiger partial charge >= 0.3 is 45.0 Å². The maximum atomic E-state index is 7.72. The van der Waals surface area contributed by atoms with Gasteiger partial charge in [0.25, 0.3) is 0 Å². The van der Waals surface area contributed by atoms with E-state index in [1.54, 1.807) is 0 Å². The molecule has 0 aromatic rings. The number of hydrogen-bond acceptors (Lipinski definition) is 2. The molecule has 2 nitrogen and oxygen atoms in total. The van der Waals surface area contributed by atoms with E-state index in [-0.39, 0.29) is 45.0 Å². The first-order valence-electron chi connectivity index (χ1n) is 0.309. The van der Waals surface area contributed by atoms with Crippen molar-refractivity contribution >= 4 is 23.7 Å². The van der Waals surface area contributed by atoms with Crippen LogP contribution in [-0.2, 0) is 0 Å². The molecule has 0 heterocycles. The van der Waals surface area contributed by atoms with Gasteiger partial charge in [-0.1, -0.05) is 0 Å². The van der Waals surface area contributed by atoms with Crippen LogP contribution in [0.5, 0.6) is 0 Å². The van der Waals surface area contributed by atoms with Gasteiger partial charge < -0.3 is 9.32 Å². The second kappa shape index (κ2) is 38.0. The molecule has 0 aromatic carbocycles. The molecule has 0 aliphatic heterocycles. The summed E-state index contributed by atoms with van der Waals surface area (Å²) in [5, 5.41) is 0. The van der Waals surface area contributed by atoms with Gasteiger partial charge in [-0.2, -0.15) is 0 Å². The standard InChI is InChI=1S/2ClO.Ra/c2*1-2;/q2*-1;+2. The van der Waals surface area contributed by atoms with Crippen LogP contribution in [0.1, 0.15) is 0 Å². The van der Waals surface area contributed by atoms with Crippen molar-refractivity contribution in [3.8, 4) is 0 Å². The number of halogens is 2. The van der Waals surface area contributed by atoms with Crippen molar-refractivity contribution in [2.45, 2.75) is 0 Å². The van der Waals surface area contributed by atoms with Crippen LogP contribution in [0.25, 0.3) is 0 Å². The molecule has 0 N–H and O–H groups in total. The average molecular weight is 329 g/mol. The van der Waals surface area contributed by atoms with E-state index in [1.807, 2.05) is 0 Å². The summed E-state index contributed by atoms with van der Waals surface area (Å²) in [6, 6.07) is 0. The minimum absolute atomic E-state index is 0. The molecule has 0 fully saturated rings. The first-order valence-corrected chi connectivity index (χ1v) is 0.926. The third kappa shape index (κ3) is 24.3. The third-order valence-electron chi connectivity index (χ3n) is 0. The summed E-state index contributed by atoms with van der Waals surface area (Å²) in [5.74, 6) is 0. The number of hydrogen-bond donors (Lipinski definition) is 0. The van der Waals surface area contributed by atoms with Crippen molar-refractivity contribution in [1.82, 2.24) is 0 Å². The molecule has 0 radical (unpaired) electrons. The second-order valence-corrected chi connectivity index (χ2v) is 0. The smallest absolute Gasteiger partial charge is 0.769 e. The van der Waals surface area contributed by atoms with Gasteiger partial charge in [0, 0.05) is 0 Å². The second-order valence-electron chi connectivity index (χ2n) is 0. The molecule has 0 saturated heterocycles. The van der Waals surface area contributed by atoms with Gasteiger partial charge in [0.15, 0.2) is 0 Å². The minimum Gasteiger partial charge on any atom is -0.769 e. The Morgan fingerprint density at radius 2 is 0.800 bits per heavy atom. The Hall–Kier alpha value is 1.97. The van der Waals surface area contributed by atoms with Gasteiger partial charge in [-0.05, 0) is 0 Å². The van der Waals surface area contributed by atoms with Crippen LogP contribution in [0.4, 0.5) is 0 Å². The first kappa shape index (κ1) is 15.8. The van der Waals surface area contributed by atoms with Crippen molar-refractivity contribution in [3.63, 3.8) is 0 Å². The normalized spacial score (nSPS) is 2.40. The summed E-state index contributed by atoms with van der Waals surface area (Å²) < 4.78 is 15.4. The number of rotatable bonds is 0.